The Hall–Kier alpha value is -3.17. The van der Waals surface area contributed by atoms with Gasteiger partial charge in [0.2, 0.25) is 0 Å². The number of alkyl halides is 3. The van der Waals surface area contributed by atoms with Gasteiger partial charge >= 0.3 is 12.1 Å². The van der Waals surface area contributed by atoms with Crippen molar-refractivity contribution in [1.29, 1.82) is 0 Å². The largest absolute Gasteiger partial charge is 0.476 e. The molecule has 0 amide bonds. The first kappa shape index (κ1) is 17.6. The van der Waals surface area contributed by atoms with Crippen LogP contribution in [0.4, 0.5) is 13.2 Å². The first-order valence-electron chi connectivity index (χ1n) is 7.49. The number of aromatic nitrogens is 4. The van der Waals surface area contributed by atoms with Gasteiger partial charge in [0.25, 0.3) is 5.56 Å². The summed E-state index contributed by atoms with van der Waals surface area (Å²) >= 11 is 0. The molecular weight excluding hydrogens is 353 g/mol. The van der Waals surface area contributed by atoms with Crippen molar-refractivity contribution < 1.29 is 23.1 Å². The minimum atomic E-state index is -4.46. The van der Waals surface area contributed by atoms with E-state index >= 15 is 0 Å². The molecule has 7 nitrogen and oxygen atoms in total. The van der Waals surface area contributed by atoms with Crippen LogP contribution >= 0.6 is 0 Å². The zero-order valence-corrected chi connectivity index (χ0v) is 13.6. The van der Waals surface area contributed by atoms with Gasteiger partial charge in [0, 0.05) is 0 Å². The van der Waals surface area contributed by atoms with E-state index < -0.39 is 35.0 Å². The number of fused-ring (bicyclic) bond motifs is 1. The number of hydrogen-bond acceptors (Lipinski definition) is 4. The van der Waals surface area contributed by atoms with Gasteiger partial charge in [-0.25, -0.2) is 14.5 Å². The number of halogens is 3. The second-order valence-electron chi connectivity index (χ2n) is 5.74. The standard InChI is InChI=1S/C16H13F3N4O3/c1-7(9-3-5-10(6-4-9)16(17,18)19)23-13-11(12(22-23)15(25)26)14(24)21-8(2)20-13/h3-7H,1-2H3,(H,25,26)(H,20,21,24). The van der Waals surface area contributed by atoms with Crippen molar-refractivity contribution in [3.05, 3.63) is 57.3 Å². The molecule has 1 aromatic carbocycles. The summed E-state index contributed by atoms with van der Waals surface area (Å²) in [5, 5.41) is 13.1. The van der Waals surface area contributed by atoms with E-state index in [2.05, 4.69) is 15.1 Å². The maximum atomic E-state index is 12.7. The third-order valence-corrected chi connectivity index (χ3v) is 3.97. The molecule has 2 heterocycles. The molecule has 2 aromatic heterocycles. The predicted octanol–water partition coefficient (Wildman–Crippen LogP) is 2.75. The fourth-order valence-electron chi connectivity index (χ4n) is 2.67. The first-order valence-corrected chi connectivity index (χ1v) is 7.49. The van der Waals surface area contributed by atoms with Crippen LogP contribution < -0.4 is 5.56 Å². The van der Waals surface area contributed by atoms with E-state index in [4.69, 9.17) is 0 Å². The lowest BCUT2D eigenvalue weighted by Crippen LogP contribution is -2.14. The van der Waals surface area contributed by atoms with Crippen LogP contribution in [0.1, 0.15) is 40.4 Å². The molecular formula is C16H13F3N4O3. The Labute approximate surface area is 144 Å². The molecule has 1 unspecified atom stereocenters. The predicted molar refractivity (Wildman–Crippen MR) is 85.1 cm³/mol. The summed E-state index contributed by atoms with van der Waals surface area (Å²) in [5.41, 5.74) is -1.39. The van der Waals surface area contributed by atoms with E-state index in [1.54, 1.807) is 6.92 Å². The van der Waals surface area contributed by atoms with Crippen LogP contribution in [0.25, 0.3) is 11.0 Å². The Morgan fingerprint density at radius 3 is 2.42 bits per heavy atom. The molecule has 0 saturated heterocycles. The van der Waals surface area contributed by atoms with Crippen LogP contribution in [0.5, 0.6) is 0 Å². The SMILES string of the molecule is Cc1nc2c(c(C(=O)O)nn2C(C)c2ccc(C(F)(F)F)cc2)c(=O)[nH]1. The molecule has 136 valence electrons. The van der Waals surface area contributed by atoms with Crippen molar-refractivity contribution in [2.45, 2.75) is 26.1 Å². The highest BCUT2D eigenvalue weighted by Crippen LogP contribution is 2.31. The quantitative estimate of drug-likeness (QED) is 0.742. The van der Waals surface area contributed by atoms with E-state index in [1.807, 2.05) is 0 Å². The number of carbonyl (C=O) groups is 1. The average molecular weight is 366 g/mol. The zero-order valence-electron chi connectivity index (χ0n) is 13.6. The number of aromatic amines is 1. The highest BCUT2D eigenvalue weighted by molar-refractivity contribution is 5.99. The van der Waals surface area contributed by atoms with Gasteiger partial charge in [-0.05, 0) is 31.5 Å². The van der Waals surface area contributed by atoms with Crippen LogP contribution in [0.15, 0.2) is 29.1 Å². The van der Waals surface area contributed by atoms with E-state index in [1.165, 1.54) is 23.7 Å². The number of nitrogens with one attached hydrogen (secondary N) is 1. The fourth-order valence-corrected chi connectivity index (χ4v) is 2.67. The molecule has 3 aromatic rings. The Kier molecular flexibility index (Phi) is 4.05. The van der Waals surface area contributed by atoms with Crippen molar-refractivity contribution in [1.82, 2.24) is 19.7 Å². The van der Waals surface area contributed by atoms with Crippen LogP contribution in [-0.2, 0) is 6.18 Å². The van der Waals surface area contributed by atoms with Gasteiger partial charge in [0.1, 0.15) is 11.2 Å². The van der Waals surface area contributed by atoms with Crippen molar-refractivity contribution in [3.8, 4) is 0 Å². The molecule has 0 aliphatic rings. The van der Waals surface area contributed by atoms with Crippen molar-refractivity contribution >= 4 is 17.0 Å². The number of H-pyrrole nitrogens is 1. The molecule has 0 spiro atoms. The Balaban J connectivity index is 2.16. The van der Waals surface area contributed by atoms with Crippen molar-refractivity contribution in [2.24, 2.45) is 0 Å². The maximum absolute atomic E-state index is 12.7. The number of carboxylic acids is 1. The Morgan fingerprint density at radius 2 is 1.88 bits per heavy atom. The molecule has 0 aliphatic carbocycles. The van der Waals surface area contributed by atoms with Gasteiger partial charge in [-0.3, -0.25) is 4.79 Å². The summed E-state index contributed by atoms with van der Waals surface area (Å²) < 4.78 is 39.3. The summed E-state index contributed by atoms with van der Waals surface area (Å²) in [6.45, 7) is 3.15. The van der Waals surface area contributed by atoms with Gasteiger partial charge in [0.15, 0.2) is 11.3 Å². The molecule has 0 fully saturated rings. The molecule has 0 saturated carbocycles. The minimum Gasteiger partial charge on any atom is -0.476 e. The first-order chi connectivity index (χ1) is 12.1. The molecule has 10 heteroatoms. The Bertz CT molecular complexity index is 1050. The van der Waals surface area contributed by atoms with E-state index in [0.717, 1.165) is 12.1 Å². The summed E-state index contributed by atoms with van der Waals surface area (Å²) in [7, 11) is 0. The lowest BCUT2D eigenvalue weighted by Gasteiger charge is -2.15. The molecule has 0 radical (unpaired) electrons. The van der Waals surface area contributed by atoms with Crippen molar-refractivity contribution in [2.75, 3.05) is 0 Å². The van der Waals surface area contributed by atoms with E-state index in [9.17, 15) is 27.9 Å². The number of nitrogens with zero attached hydrogens (tertiary/aromatic N) is 3. The summed E-state index contributed by atoms with van der Waals surface area (Å²) in [4.78, 5) is 30.1. The van der Waals surface area contributed by atoms with Gasteiger partial charge in [-0.15, -0.1) is 0 Å². The van der Waals surface area contributed by atoms with Crippen LogP contribution in [0, 0.1) is 6.92 Å². The average Bonchev–Trinajstić information content (AvgIpc) is 2.93. The third kappa shape index (κ3) is 2.93. The minimum absolute atomic E-state index is 0.0519. The lowest BCUT2D eigenvalue weighted by atomic mass is 10.1. The number of benzene rings is 1. The van der Waals surface area contributed by atoms with Gasteiger partial charge in [-0.2, -0.15) is 18.3 Å². The fraction of sp³-hybridized carbons (Fsp3) is 0.250. The molecule has 1 atom stereocenters. The van der Waals surface area contributed by atoms with Gasteiger partial charge < -0.3 is 10.1 Å². The normalized spacial score (nSPS) is 13.1. The lowest BCUT2D eigenvalue weighted by molar-refractivity contribution is -0.137. The molecule has 0 aliphatic heterocycles. The van der Waals surface area contributed by atoms with Crippen LogP contribution in [0.2, 0.25) is 0 Å². The van der Waals surface area contributed by atoms with Crippen molar-refractivity contribution in [3.63, 3.8) is 0 Å². The molecule has 2 N–H and O–H groups in total. The highest BCUT2D eigenvalue weighted by atomic mass is 19.4. The second kappa shape index (κ2) is 5.97. The maximum Gasteiger partial charge on any atom is 0.416 e. The Morgan fingerprint density at radius 1 is 1.27 bits per heavy atom. The highest BCUT2D eigenvalue weighted by Gasteiger charge is 2.30. The second-order valence-corrected chi connectivity index (χ2v) is 5.74. The number of hydrogen-bond donors (Lipinski definition) is 2. The van der Waals surface area contributed by atoms with E-state index in [-0.39, 0.29) is 16.9 Å². The van der Waals surface area contributed by atoms with Gasteiger partial charge in [-0.1, -0.05) is 12.1 Å². The number of aryl methyl sites for hydroxylation is 1. The molecule has 26 heavy (non-hydrogen) atoms. The zero-order chi connectivity index (χ0) is 19.2. The smallest absolute Gasteiger partial charge is 0.416 e. The van der Waals surface area contributed by atoms with E-state index in [0.29, 0.717) is 5.56 Å². The third-order valence-electron chi connectivity index (χ3n) is 3.97. The molecule has 3 rings (SSSR count). The molecule has 0 bridgehead atoms. The van der Waals surface area contributed by atoms with Crippen LogP contribution in [-0.4, -0.2) is 30.8 Å². The topological polar surface area (TPSA) is 101 Å². The monoisotopic (exact) mass is 366 g/mol. The summed E-state index contributed by atoms with van der Waals surface area (Å²) in [6, 6.07) is 3.78. The number of rotatable bonds is 3. The van der Waals surface area contributed by atoms with Gasteiger partial charge in [0.05, 0.1) is 11.6 Å². The summed E-state index contributed by atoms with van der Waals surface area (Å²) in [5.74, 6) is -1.13. The number of carboxylic acid groups (broad SMARTS) is 1. The summed E-state index contributed by atoms with van der Waals surface area (Å²) in [6.07, 6.45) is -4.46. The van der Waals surface area contributed by atoms with Crippen LogP contribution in [0.3, 0.4) is 0 Å². The number of aromatic carboxylic acids is 1.